The van der Waals surface area contributed by atoms with Gasteiger partial charge in [0.1, 0.15) is 0 Å². The fourth-order valence-corrected chi connectivity index (χ4v) is 3.60. The zero-order chi connectivity index (χ0) is 14.6. The standard InChI is InChI=1S/C13H16BrNO5/c16-12(17)11(20-14(18)19)13(6-8-15-9-7-13)10-4-2-1-3-5-10/h1-5,11,15H,6-9H2,(H,16,17). The Morgan fingerprint density at radius 3 is 2.40 bits per heavy atom. The highest BCUT2D eigenvalue weighted by molar-refractivity contribution is 5.75. The van der Waals surface area contributed by atoms with Crippen molar-refractivity contribution in [3.8, 4) is 0 Å². The Balaban J connectivity index is 2.42. The van der Waals surface area contributed by atoms with Gasteiger partial charge in [-0.05, 0) is 31.5 Å². The molecule has 0 radical (unpaired) electrons. The lowest BCUT2D eigenvalue weighted by Gasteiger charge is -2.39. The second kappa shape index (κ2) is 6.64. The van der Waals surface area contributed by atoms with E-state index < -0.39 is 32.3 Å². The summed E-state index contributed by atoms with van der Waals surface area (Å²) >= 11 is -3.59. The van der Waals surface area contributed by atoms with Gasteiger partial charge in [-0.3, -0.25) is 0 Å². The van der Waals surface area contributed by atoms with Gasteiger partial charge in [0, 0.05) is 9.24 Å². The molecule has 0 spiro atoms. The molecule has 110 valence electrons. The van der Waals surface area contributed by atoms with Crippen LogP contribution in [-0.2, 0) is 14.0 Å². The maximum absolute atomic E-state index is 11.5. The maximum atomic E-state index is 11.5. The predicted molar refractivity (Wildman–Crippen MR) is 62.7 cm³/mol. The summed E-state index contributed by atoms with van der Waals surface area (Å²) in [6.07, 6.45) is -0.343. The molecule has 1 aliphatic rings. The number of aliphatic carboxylic acids is 1. The highest BCUT2D eigenvalue weighted by Gasteiger charge is 2.51. The third kappa shape index (κ3) is 3.18. The SMILES string of the molecule is O=C(O)C(O[Br+2]([O-])[O-])C1(c2ccccc2)CCNCC1. The first-order valence-corrected chi connectivity index (χ1v) is 8.22. The van der Waals surface area contributed by atoms with E-state index in [1.54, 1.807) is 0 Å². The number of piperidine rings is 1. The lowest BCUT2D eigenvalue weighted by atomic mass is 9.69. The highest BCUT2D eigenvalue weighted by Crippen LogP contribution is 2.38. The Bertz CT molecular complexity index is 447. The zero-order valence-electron chi connectivity index (χ0n) is 10.8. The van der Waals surface area contributed by atoms with Gasteiger partial charge >= 0.3 is 20.8 Å². The number of carboxylic acids is 1. The van der Waals surface area contributed by atoms with E-state index in [0.717, 1.165) is 5.56 Å². The van der Waals surface area contributed by atoms with Crippen molar-refractivity contribution in [3.63, 3.8) is 0 Å². The molecule has 0 aliphatic carbocycles. The van der Waals surface area contributed by atoms with Crippen LogP contribution in [-0.4, -0.2) is 30.3 Å². The topological polar surface area (TPSA) is 105 Å². The van der Waals surface area contributed by atoms with Crippen molar-refractivity contribution in [3.05, 3.63) is 35.9 Å². The molecule has 1 aromatic rings. The second-order valence-corrected chi connectivity index (χ2v) is 5.94. The molecule has 1 aliphatic heterocycles. The molecule has 0 aromatic heterocycles. The predicted octanol–water partition coefficient (Wildman–Crippen LogP) is -1.14. The molecule has 0 saturated carbocycles. The van der Waals surface area contributed by atoms with Crippen LogP contribution in [0.5, 0.6) is 0 Å². The van der Waals surface area contributed by atoms with E-state index >= 15 is 0 Å². The van der Waals surface area contributed by atoms with Gasteiger partial charge in [0.15, 0.2) is 0 Å². The summed E-state index contributed by atoms with van der Waals surface area (Å²) in [6, 6.07) is 9.13. The molecule has 1 saturated heterocycles. The number of hydrogen-bond acceptors (Lipinski definition) is 5. The molecular weight excluding hydrogens is 330 g/mol. The fraction of sp³-hybridized carbons (Fsp3) is 0.462. The molecule has 20 heavy (non-hydrogen) atoms. The van der Waals surface area contributed by atoms with Gasteiger partial charge in [0.05, 0.1) is 0 Å². The Morgan fingerprint density at radius 2 is 1.90 bits per heavy atom. The van der Waals surface area contributed by atoms with Crippen LogP contribution in [0.25, 0.3) is 0 Å². The molecule has 0 bridgehead atoms. The van der Waals surface area contributed by atoms with Crippen molar-refractivity contribution in [2.24, 2.45) is 0 Å². The van der Waals surface area contributed by atoms with Crippen LogP contribution in [0.4, 0.5) is 0 Å². The molecule has 6 nitrogen and oxygen atoms in total. The van der Waals surface area contributed by atoms with E-state index in [2.05, 4.69) is 5.32 Å². The molecule has 1 aromatic carbocycles. The van der Waals surface area contributed by atoms with Gasteiger partial charge in [0.25, 0.3) is 6.10 Å². The Morgan fingerprint density at radius 1 is 1.30 bits per heavy atom. The third-order valence-electron chi connectivity index (χ3n) is 3.73. The van der Waals surface area contributed by atoms with E-state index in [9.17, 15) is 18.3 Å². The number of benzene rings is 1. The first kappa shape index (κ1) is 15.4. The lowest BCUT2D eigenvalue weighted by molar-refractivity contribution is -1.63. The molecule has 0 amide bonds. The minimum atomic E-state index is -3.59. The van der Waals surface area contributed by atoms with Crippen LogP contribution in [0.3, 0.4) is 0 Å². The van der Waals surface area contributed by atoms with E-state index in [0.29, 0.717) is 25.9 Å². The quantitative estimate of drug-likeness (QED) is 0.699. The van der Waals surface area contributed by atoms with Crippen LogP contribution in [0.15, 0.2) is 30.3 Å². The van der Waals surface area contributed by atoms with Crippen molar-refractivity contribution in [2.45, 2.75) is 24.4 Å². The Labute approximate surface area is 122 Å². The summed E-state index contributed by atoms with van der Waals surface area (Å²) in [5.41, 5.74) is -0.0125. The van der Waals surface area contributed by atoms with E-state index in [1.165, 1.54) is 0 Å². The van der Waals surface area contributed by atoms with E-state index in [4.69, 9.17) is 3.83 Å². The van der Waals surface area contributed by atoms with E-state index in [1.807, 2.05) is 30.3 Å². The number of carbonyl (C=O) groups is 1. The molecule has 1 heterocycles. The molecule has 7 heteroatoms. The van der Waals surface area contributed by atoms with Crippen molar-refractivity contribution in [1.29, 1.82) is 0 Å². The number of halogens is 1. The molecular formula is C13H16BrNO5. The molecule has 1 unspecified atom stereocenters. The largest absolute Gasteiger partial charge is 0.479 e. The smallest absolute Gasteiger partial charge is 0.437 e. The van der Waals surface area contributed by atoms with Crippen molar-refractivity contribution in [2.75, 3.05) is 13.1 Å². The highest BCUT2D eigenvalue weighted by atomic mass is 80.0. The maximum Gasteiger partial charge on any atom is 0.437 e. The molecule has 1 atom stereocenters. The fourth-order valence-electron chi connectivity index (χ4n) is 2.78. The second-order valence-electron chi connectivity index (χ2n) is 4.77. The number of rotatable bonds is 5. The van der Waals surface area contributed by atoms with Gasteiger partial charge < -0.3 is 18.8 Å². The molecule has 2 rings (SSSR count). The minimum Gasteiger partial charge on any atom is -0.479 e. The number of nitrogens with one attached hydrogen (secondary N) is 1. The average Bonchev–Trinajstić information content (AvgIpc) is 2.46. The van der Waals surface area contributed by atoms with Gasteiger partial charge in [-0.15, -0.1) is 0 Å². The number of hydrogen-bond donors (Lipinski definition) is 2. The monoisotopic (exact) mass is 345 g/mol. The van der Waals surface area contributed by atoms with Crippen LogP contribution in [0.1, 0.15) is 18.4 Å². The summed E-state index contributed by atoms with van der Waals surface area (Å²) in [4.78, 5) is 11.5. The van der Waals surface area contributed by atoms with Gasteiger partial charge in [0.2, 0.25) is 0 Å². The molecule has 1 fully saturated rings. The van der Waals surface area contributed by atoms with Crippen molar-refractivity contribution < 1.29 is 36.9 Å². The van der Waals surface area contributed by atoms with Crippen LogP contribution < -0.4 is 13.7 Å². The van der Waals surface area contributed by atoms with Crippen LogP contribution >= 0.6 is 0 Å². The molecule has 2 N–H and O–H groups in total. The number of carboxylic acid groups (broad SMARTS) is 1. The first-order valence-electron chi connectivity index (χ1n) is 6.28. The lowest BCUT2D eigenvalue weighted by Crippen LogP contribution is -2.55. The average molecular weight is 346 g/mol. The summed E-state index contributed by atoms with van der Waals surface area (Å²) in [6.45, 7) is 1.25. The van der Waals surface area contributed by atoms with Crippen LogP contribution in [0.2, 0.25) is 0 Å². The van der Waals surface area contributed by atoms with E-state index in [-0.39, 0.29) is 0 Å². The van der Waals surface area contributed by atoms with Gasteiger partial charge in [-0.1, -0.05) is 30.3 Å². The summed E-state index contributed by atoms with van der Waals surface area (Å²) in [5, 5.41) is 12.6. The Kier molecular flexibility index (Phi) is 5.11. The summed E-state index contributed by atoms with van der Waals surface area (Å²) in [5.74, 6) is -1.24. The minimum absolute atomic E-state index is 0.517. The summed E-state index contributed by atoms with van der Waals surface area (Å²) < 4.78 is 26.6. The Hall–Kier alpha value is -0.990. The van der Waals surface area contributed by atoms with Gasteiger partial charge in [-0.2, -0.15) is 0 Å². The van der Waals surface area contributed by atoms with Crippen molar-refractivity contribution in [1.82, 2.24) is 5.32 Å². The van der Waals surface area contributed by atoms with Crippen LogP contribution in [0, 0.1) is 14.8 Å². The first-order chi connectivity index (χ1) is 9.56. The normalized spacial score (nSPS) is 19.8. The zero-order valence-corrected chi connectivity index (χ0v) is 12.3. The van der Waals surface area contributed by atoms with Gasteiger partial charge in [-0.25, -0.2) is 4.79 Å². The van der Waals surface area contributed by atoms with Crippen molar-refractivity contribution >= 4 is 5.97 Å². The third-order valence-corrected chi connectivity index (χ3v) is 4.41. The summed E-state index contributed by atoms with van der Waals surface area (Å²) in [7, 11) is 0.